The van der Waals surface area contributed by atoms with Gasteiger partial charge in [0.15, 0.2) is 0 Å². The summed E-state index contributed by atoms with van der Waals surface area (Å²) in [7, 11) is -0.257. The Kier molecular flexibility index (Phi) is 1.77. The van der Waals surface area contributed by atoms with Crippen LogP contribution in [0.1, 0.15) is 0 Å². The highest BCUT2D eigenvalue weighted by molar-refractivity contribution is 6.66. The van der Waals surface area contributed by atoms with Crippen LogP contribution in [0.4, 0.5) is 0 Å². The highest BCUT2D eigenvalue weighted by Crippen LogP contribution is 2.24. The smallest absolute Gasteiger partial charge is 0.0347 e. The van der Waals surface area contributed by atoms with Gasteiger partial charge < -0.3 is 0 Å². The van der Waals surface area contributed by atoms with Gasteiger partial charge in [-0.1, -0.05) is 18.8 Å². The van der Waals surface area contributed by atoms with Crippen molar-refractivity contribution < 1.29 is 0 Å². The topological polar surface area (TPSA) is 12.4 Å². The maximum atomic E-state index is 4.08. The van der Waals surface area contributed by atoms with E-state index in [2.05, 4.69) is 35.9 Å². The van der Waals surface area contributed by atoms with E-state index in [0.717, 1.165) is 0 Å². The Morgan fingerprint density at radius 1 is 1.25 bits per heavy atom. The molecule has 0 fully saturated rings. The Hall–Kier alpha value is -1.02. The van der Waals surface area contributed by atoms with Gasteiger partial charge in [0.2, 0.25) is 0 Å². The van der Waals surface area contributed by atoms with Gasteiger partial charge in [0.1, 0.15) is 0 Å². The molecule has 0 atom stereocenters. The molecule has 2 rings (SSSR count). The van der Waals surface area contributed by atoms with Gasteiger partial charge in [0.05, 0.1) is 0 Å². The van der Waals surface area contributed by atoms with Crippen molar-refractivity contribution in [3.8, 4) is 0 Å². The Morgan fingerprint density at radius 3 is 2.75 bits per heavy atom. The second kappa shape index (κ2) is 2.79. The average molecular weight is 173 g/mol. The van der Waals surface area contributed by atoms with Crippen LogP contribution in [0.15, 0.2) is 40.1 Å². The molecule has 0 radical (unpaired) electrons. The molecule has 0 aromatic carbocycles. The van der Waals surface area contributed by atoms with Gasteiger partial charge in [-0.25, -0.2) is 0 Å². The average Bonchev–Trinajstić information content (AvgIpc) is 2.43. The molecule has 2 heteroatoms. The van der Waals surface area contributed by atoms with Gasteiger partial charge >= 0.3 is 0 Å². The summed E-state index contributed by atoms with van der Waals surface area (Å²) in [6.07, 6.45) is 8.26. The van der Waals surface area contributed by atoms with Crippen LogP contribution < -0.4 is 0 Å². The molecule has 0 saturated heterocycles. The molecule has 60 valence electrons. The first-order valence-electron chi connectivity index (χ1n) is 4.08. The Morgan fingerprint density at radius 2 is 2.08 bits per heavy atom. The summed E-state index contributed by atoms with van der Waals surface area (Å²) in [5.41, 5.74) is 6.26. The Bertz CT molecular complexity index is 363. The number of rotatable bonds is 1. The van der Waals surface area contributed by atoms with E-state index in [0.29, 0.717) is 0 Å². The van der Waals surface area contributed by atoms with Crippen LogP contribution in [0.2, 0.25) is 13.1 Å². The fourth-order valence-corrected chi connectivity index (χ4v) is 2.24. The lowest BCUT2D eigenvalue weighted by Crippen LogP contribution is -1.92. The van der Waals surface area contributed by atoms with Crippen molar-refractivity contribution in [2.24, 2.45) is 4.99 Å². The van der Waals surface area contributed by atoms with E-state index >= 15 is 0 Å². The molecule has 1 nitrogen and oxygen atoms in total. The van der Waals surface area contributed by atoms with Crippen molar-refractivity contribution in [3.05, 3.63) is 35.1 Å². The number of nitrogens with zero attached hydrogens (tertiary/aromatic N) is 1. The largest absolute Gasteiger partial charge is 0.263 e. The molecule has 0 bridgehead atoms. The normalized spacial score (nSPS) is 18.3. The molecule has 0 N–H and O–H groups in total. The van der Waals surface area contributed by atoms with Gasteiger partial charge in [0.25, 0.3) is 0 Å². The molecular weight excluding hydrogens is 162 g/mol. The summed E-state index contributed by atoms with van der Waals surface area (Å²) in [4.78, 5) is 4.08. The van der Waals surface area contributed by atoms with E-state index in [9.17, 15) is 0 Å². The molecule has 0 aromatic rings. The van der Waals surface area contributed by atoms with Crippen LogP contribution >= 0.6 is 0 Å². The minimum atomic E-state index is -0.257. The van der Waals surface area contributed by atoms with Gasteiger partial charge in [-0.2, -0.15) is 0 Å². The molecular formula is C10H11NSi. The lowest BCUT2D eigenvalue weighted by molar-refractivity contribution is 1.60. The van der Waals surface area contributed by atoms with Crippen molar-refractivity contribution in [1.29, 1.82) is 0 Å². The minimum absolute atomic E-state index is 0.257. The van der Waals surface area contributed by atoms with Crippen LogP contribution in [0, 0.1) is 0 Å². The van der Waals surface area contributed by atoms with Gasteiger partial charge in [0, 0.05) is 32.0 Å². The summed E-state index contributed by atoms with van der Waals surface area (Å²) in [5, 5.41) is 0. The zero-order chi connectivity index (χ0) is 8.55. The van der Waals surface area contributed by atoms with E-state index in [1.807, 2.05) is 12.4 Å². The minimum Gasteiger partial charge on any atom is -0.263 e. The Labute approximate surface area is 74.1 Å². The molecule has 2 aliphatic rings. The molecule has 1 aliphatic carbocycles. The zero-order valence-corrected chi connectivity index (χ0v) is 8.33. The molecule has 0 saturated carbocycles. The number of aliphatic imine (C=N–C) groups is 1. The lowest BCUT2D eigenvalue weighted by atomic mass is 10.2. The lowest BCUT2D eigenvalue weighted by Gasteiger charge is -1.88. The third-order valence-electron chi connectivity index (χ3n) is 1.86. The van der Waals surface area contributed by atoms with Crippen LogP contribution in [0.25, 0.3) is 0 Å². The van der Waals surface area contributed by atoms with Gasteiger partial charge in [-0.15, -0.1) is 0 Å². The number of fused-ring (bicyclic) bond motifs is 1. The first-order chi connectivity index (χ1) is 5.75. The predicted molar refractivity (Wildman–Crippen MR) is 56.3 cm³/mol. The molecule has 0 aromatic heterocycles. The number of hydrogen-bond donors (Lipinski definition) is 0. The molecule has 1 heterocycles. The van der Waals surface area contributed by atoms with Crippen LogP contribution in [0.3, 0.4) is 0 Å². The quantitative estimate of drug-likeness (QED) is 0.537. The van der Waals surface area contributed by atoms with Crippen molar-refractivity contribution in [1.82, 2.24) is 0 Å². The number of hydrogen-bond acceptors (Lipinski definition) is 1. The second-order valence-corrected chi connectivity index (χ2v) is 5.77. The third-order valence-corrected chi connectivity index (χ3v) is 2.77. The Balaban J connectivity index is 2.31. The summed E-state index contributed by atoms with van der Waals surface area (Å²) in [6, 6.07) is 0. The predicted octanol–water partition coefficient (Wildman–Crippen LogP) is 1.96. The van der Waals surface area contributed by atoms with Crippen LogP contribution in [-0.4, -0.2) is 20.3 Å². The van der Waals surface area contributed by atoms with Crippen molar-refractivity contribution >= 4 is 20.3 Å². The monoisotopic (exact) mass is 173 g/mol. The third kappa shape index (κ3) is 1.30. The van der Waals surface area contributed by atoms with Crippen molar-refractivity contribution in [2.75, 3.05) is 0 Å². The van der Waals surface area contributed by atoms with E-state index < -0.39 is 0 Å². The molecule has 12 heavy (non-hydrogen) atoms. The summed E-state index contributed by atoms with van der Waals surface area (Å²) in [6.45, 7) is 4.58. The maximum absolute atomic E-state index is 4.08. The SMILES string of the molecule is C[Si](C)=CC1=CC2=CN=CC2=C1. The van der Waals surface area contributed by atoms with E-state index in [-0.39, 0.29) is 8.41 Å². The maximum Gasteiger partial charge on any atom is 0.0347 e. The van der Waals surface area contributed by atoms with Crippen molar-refractivity contribution in [3.63, 3.8) is 0 Å². The van der Waals surface area contributed by atoms with Crippen molar-refractivity contribution in [2.45, 2.75) is 13.1 Å². The van der Waals surface area contributed by atoms with Gasteiger partial charge in [-0.05, 0) is 17.7 Å². The fraction of sp³-hybridized carbons (Fsp3) is 0.200. The first-order valence-corrected chi connectivity index (χ1v) is 6.65. The summed E-state index contributed by atoms with van der Waals surface area (Å²) < 4.78 is 0. The summed E-state index contributed by atoms with van der Waals surface area (Å²) >= 11 is 0. The van der Waals surface area contributed by atoms with E-state index in [1.165, 1.54) is 16.7 Å². The standard InChI is InChI=1S/C10H11NSi/c1-12(2)7-8-3-9-5-11-6-10(9)4-8/h3-7H,1-2H3. The highest BCUT2D eigenvalue weighted by Gasteiger charge is 2.11. The number of allylic oxidation sites excluding steroid dienone is 5. The molecule has 0 spiro atoms. The van der Waals surface area contributed by atoms with E-state index in [4.69, 9.17) is 0 Å². The van der Waals surface area contributed by atoms with Crippen LogP contribution in [0.5, 0.6) is 0 Å². The second-order valence-electron chi connectivity index (χ2n) is 3.33. The fourth-order valence-electron chi connectivity index (χ4n) is 1.41. The zero-order valence-electron chi connectivity index (χ0n) is 7.33. The molecule has 0 unspecified atom stereocenters. The molecule has 1 aliphatic heterocycles. The highest BCUT2D eigenvalue weighted by atomic mass is 28.2. The van der Waals surface area contributed by atoms with E-state index in [1.54, 1.807) is 0 Å². The molecule has 0 amide bonds. The first kappa shape index (κ1) is 7.62. The van der Waals surface area contributed by atoms with Gasteiger partial charge in [-0.3, -0.25) is 4.99 Å². The van der Waals surface area contributed by atoms with Crippen LogP contribution in [-0.2, 0) is 0 Å². The summed E-state index contributed by atoms with van der Waals surface area (Å²) in [5.74, 6) is 0.